The van der Waals surface area contributed by atoms with Gasteiger partial charge in [0, 0.05) is 25.7 Å². The number of nitrogens with one attached hydrogen (secondary N) is 1. The van der Waals surface area contributed by atoms with Crippen LogP contribution in [0.2, 0.25) is 0 Å². The van der Waals surface area contributed by atoms with Crippen molar-refractivity contribution in [2.24, 2.45) is 5.92 Å². The summed E-state index contributed by atoms with van der Waals surface area (Å²) >= 11 is 0. The summed E-state index contributed by atoms with van der Waals surface area (Å²) in [6, 6.07) is 0.440. The average Bonchev–Trinajstić information content (AvgIpc) is 3.04. The predicted molar refractivity (Wildman–Crippen MR) is 84.7 cm³/mol. The lowest BCUT2D eigenvalue weighted by atomic mass is 9.91. The van der Waals surface area contributed by atoms with Crippen molar-refractivity contribution in [3.63, 3.8) is 0 Å². The molecule has 5 heteroatoms. The maximum Gasteiger partial charge on any atom is 0.249 e. The van der Waals surface area contributed by atoms with E-state index < -0.39 is 0 Å². The number of fused-ring (bicyclic) bond motifs is 1. The zero-order chi connectivity index (χ0) is 14.9. The summed E-state index contributed by atoms with van der Waals surface area (Å²) in [5.41, 5.74) is 0. The van der Waals surface area contributed by atoms with Crippen molar-refractivity contribution in [2.75, 3.05) is 39.3 Å². The topological polar surface area (TPSA) is 44.8 Å². The van der Waals surface area contributed by atoms with Crippen molar-refractivity contribution in [1.29, 1.82) is 0 Å². The SMILES string of the molecule is O=C(NC1CC1)[C@@H]1C[C@H]2CCN(CCN3CCCC3)C[C@H]2O1. The molecule has 0 unspecified atom stereocenters. The van der Waals surface area contributed by atoms with Crippen LogP contribution in [0.15, 0.2) is 0 Å². The van der Waals surface area contributed by atoms with Crippen LogP contribution in [-0.4, -0.2) is 73.2 Å². The van der Waals surface area contributed by atoms with Crippen molar-refractivity contribution in [3.8, 4) is 0 Å². The lowest BCUT2D eigenvalue weighted by Gasteiger charge is -2.34. The highest BCUT2D eigenvalue weighted by atomic mass is 16.5. The molecule has 5 nitrogen and oxygen atoms in total. The van der Waals surface area contributed by atoms with Gasteiger partial charge in [-0.15, -0.1) is 0 Å². The van der Waals surface area contributed by atoms with E-state index in [1.807, 2.05) is 0 Å². The zero-order valence-electron chi connectivity index (χ0n) is 13.5. The molecule has 4 fully saturated rings. The molecular formula is C17H29N3O2. The number of ether oxygens (including phenoxy) is 1. The monoisotopic (exact) mass is 307 g/mol. The van der Waals surface area contributed by atoms with Gasteiger partial charge in [0.25, 0.3) is 0 Å². The van der Waals surface area contributed by atoms with E-state index in [2.05, 4.69) is 15.1 Å². The van der Waals surface area contributed by atoms with Crippen molar-refractivity contribution in [3.05, 3.63) is 0 Å². The van der Waals surface area contributed by atoms with Gasteiger partial charge in [-0.05, 0) is 64.1 Å². The van der Waals surface area contributed by atoms with E-state index in [0.717, 1.165) is 32.4 Å². The normalized spacial score (nSPS) is 36.5. The Morgan fingerprint density at radius 1 is 1.05 bits per heavy atom. The minimum absolute atomic E-state index is 0.139. The molecule has 0 bridgehead atoms. The van der Waals surface area contributed by atoms with Crippen LogP contribution in [0.5, 0.6) is 0 Å². The molecule has 1 amide bonds. The third kappa shape index (κ3) is 3.47. The number of piperidine rings is 1. The Balaban J connectivity index is 1.23. The maximum absolute atomic E-state index is 12.2. The first kappa shape index (κ1) is 14.9. The van der Waals surface area contributed by atoms with Gasteiger partial charge in [0.1, 0.15) is 6.10 Å². The molecule has 3 atom stereocenters. The van der Waals surface area contributed by atoms with Crippen LogP contribution in [0.25, 0.3) is 0 Å². The van der Waals surface area contributed by atoms with Crippen LogP contribution in [0, 0.1) is 5.92 Å². The summed E-state index contributed by atoms with van der Waals surface area (Å²) in [5.74, 6) is 0.735. The van der Waals surface area contributed by atoms with Crippen molar-refractivity contribution < 1.29 is 9.53 Å². The predicted octanol–water partition coefficient (Wildman–Crippen LogP) is 0.840. The first-order valence-electron chi connectivity index (χ1n) is 9.18. The Morgan fingerprint density at radius 3 is 2.59 bits per heavy atom. The standard InChI is InChI=1S/C17H29N3O2/c21-17(18-14-3-4-14)15-11-13-5-8-20(12-16(13)22-15)10-9-19-6-1-2-7-19/h13-16H,1-12H2,(H,18,21)/t13-,15+,16-/m1/s1. The van der Waals surface area contributed by atoms with Crippen LogP contribution in [0.3, 0.4) is 0 Å². The lowest BCUT2D eigenvalue weighted by molar-refractivity contribution is -0.133. The van der Waals surface area contributed by atoms with Crippen molar-refractivity contribution in [1.82, 2.24) is 15.1 Å². The van der Waals surface area contributed by atoms with Gasteiger partial charge in [0.2, 0.25) is 5.91 Å². The molecule has 0 aromatic rings. The summed E-state index contributed by atoms with van der Waals surface area (Å²) in [4.78, 5) is 17.3. The first-order chi connectivity index (χ1) is 10.8. The van der Waals surface area contributed by atoms with Gasteiger partial charge in [0.05, 0.1) is 6.10 Å². The van der Waals surface area contributed by atoms with E-state index in [1.54, 1.807) is 0 Å². The molecule has 0 aromatic heterocycles. The Kier molecular flexibility index (Phi) is 4.38. The van der Waals surface area contributed by atoms with Gasteiger partial charge in [-0.3, -0.25) is 9.69 Å². The van der Waals surface area contributed by atoms with E-state index in [1.165, 1.54) is 45.4 Å². The zero-order valence-corrected chi connectivity index (χ0v) is 13.5. The Hall–Kier alpha value is -0.650. The van der Waals surface area contributed by atoms with Gasteiger partial charge in [-0.2, -0.15) is 0 Å². The van der Waals surface area contributed by atoms with E-state index in [4.69, 9.17) is 4.74 Å². The number of likely N-dealkylation sites (tertiary alicyclic amines) is 2. The third-order valence-corrected chi connectivity index (χ3v) is 5.78. The smallest absolute Gasteiger partial charge is 0.249 e. The second-order valence-electron chi connectivity index (χ2n) is 7.58. The molecule has 4 rings (SSSR count). The number of nitrogens with zero attached hydrogens (tertiary/aromatic N) is 2. The number of carbonyl (C=O) groups excluding carboxylic acids is 1. The van der Waals surface area contributed by atoms with Crippen molar-refractivity contribution in [2.45, 2.75) is 56.8 Å². The van der Waals surface area contributed by atoms with E-state index in [9.17, 15) is 4.79 Å². The largest absolute Gasteiger partial charge is 0.364 e. The van der Waals surface area contributed by atoms with Crippen LogP contribution >= 0.6 is 0 Å². The van der Waals surface area contributed by atoms with Crippen LogP contribution in [-0.2, 0) is 9.53 Å². The fourth-order valence-electron chi connectivity index (χ4n) is 4.18. The molecule has 1 aliphatic carbocycles. The van der Waals surface area contributed by atoms with Gasteiger partial charge >= 0.3 is 0 Å². The summed E-state index contributed by atoms with van der Waals surface area (Å²) in [7, 11) is 0. The van der Waals surface area contributed by atoms with Crippen molar-refractivity contribution >= 4 is 5.91 Å². The summed E-state index contributed by atoms with van der Waals surface area (Å²) in [6.07, 6.45) is 7.25. The van der Waals surface area contributed by atoms with Crippen LogP contribution in [0.4, 0.5) is 0 Å². The first-order valence-corrected chi connectivity index (χ1v) is 9.18. The van der Waals surface area contributed by atoms with E-state index in [-0.39, 0.29) is 18.1 Å². The third-order valence-electron chi connectivity index (χ3n) is 5.78. The molecule has 124 valence electrons. The molecule has 4 aliphatic rings. The Labute approximate surface area is 133 Å². The minimum Gasteiger partial charge on any atom is -0.364 e. The number of rotatable bonds is 5. The fourth-order valence-corrected chi connectivity index (χ4v) is 4.18. The quantitative estimate of drug-likeness (QED) is 0.817. The number of hydrogen-bond acceptors (Lipinski definition) is 4. The van der Waals surface area contributed by atoms with Crippen LogP contribution < -0.4 is 5.32 Å². The maximum atomic E-state index is 12.2. The summed E-state index contributed by atoms with van der Waals surface area (Å²) < 4.78 is 6.09. The van der Waals surface area contributed by atoms with E-state index >= 15 is 0 Å². The van der Waals surface area contributed by atoms with Crippen LogP contribution in [0.1, 0.15) is 38.5 Å². The van der Waals surface area contributed by atoms with Gasteiger partial charge in [0.15, 0.2) is 0 Å². The molecule has 22 heavy (non-hydrogen) atoms. The van der Waals surface area contributed by atoms with Gasteiger partial charge < -0.3 is 15.0 Å². The molecular weight excluding hydrogens is 278 g/mol. The Morgan fingerprint density at radius 2 is 1.82 bits per heavy atom. The molecule has 3 heterocycles. The fraction of sp³-hybridized carbons (Fsp3) is 0.941. The molecule has 0 spiro atoms. The highest BCUT2D eigenvalue weighted by Crippen LogP contribution is 2.33. The molecule has 1 saturated carbocycles. The second-order valence-corrected chi connectivity index (χ2v) is 7.58. The van der Waals surface area contributed by atoms with E-state index in [0.29, 0.717) is 12.0 Å². The minimum atomic E-state index is -0.186. The van der Waals surface area contributed by atoms with Gasteiger partial charge in [-0.1, -0.05) is 0 Å². The highest BCUT2D eigenvalue weighted by Gasteiger charge is 2.42. The number of carbonyl (C=O) groups is 1. The second kappa shape index (κ2) is 6.46. The van der Waals surface area contributed by atoms with Gasteiger partial charge in [-0.25, -0.2) is 0 Å². The molecule has 3 saturated heterocycles. The molecule has 1 N–H and O–H groups in total. The summed E-state index contributed by atoms with van der Waals surface area (Å²) in [6.45, 7) is 7.11. The number of amides is 1. The highest BCUT2D eigenvalue weighted by molar-refractivity contribution is 5.81. The molecule has 3 aliphatic heterocycles. The molecule has 0 radical (unpaired) electrons. The average molecular weight is 307 g/mol. The lowest BCUT2D eigenvalue weighted by Crippen LogP contribution is -2.45. The number of hydrogen-bond donors (Lipinski definition) is 1. The molecule has 0 aromatic carbocycles. The summed E-state index contributed by atoms with van der Waals surface area (Å²) in [5, 5.41) is 3.09. The Bertz CT molecular complexity index is 407.